The van der Waals surface area contributed by atoms with Gasteiger partial charge in [0.25, 0.3) is 0 Å². The Morgan fingerprint density at radius 1 is 1.22 bits per heavy atom. The Morgan fingerprint density at radius 3 is 2.72 bits per heavy atom. The van der Waals surface area contributed by atoms with E-state index in [2.05, 4.69) is 0 Å². The number of hydrogen-bond acceptors (Lipinski definition) is 3. The van der Waals surface area contributed by atoms with Gasteiger partial charge in [-0.25, -0.2) is 0 Å². The number of nitrogens with zero attached hydrogens (tertiary/aromatic N) is 1. The smallest absolute Gasteiger partial charge is 0.325 e. The number of rotatable bonds is 5. The van der Waals surface area contributed by atoms with Gasteiger partial charge in [0.2, 0.25) is 0 Å². The Labute approximate surface area is 111 Å². The van der Waals surface area contributed by atoms with Gasteiger partial charge in [0, 0.05) is 11.1 Å². The van der Waals surface area contributed by atoms with Crippen LogP contribution in [0.1, 0.15) is 6.92 Å². The number of aromatic nitrogens is 1. The maximum atomic E-state index is 11.5. The van der Waals surface area contributed by atoms with Gasteiger partial charge in [-0.2, -0.15) is 0 Å². The third-order valence-electron chi connectivity index (χ3n) is 2.36. The summed E-state index contributed by atoms with van der Waals surface area (Å²) in [5.74, 6) is -0.205. The monoisotopic (exact) mass is 261 g/mol. The molecular formula is C14H15NO2S. The van der Waals surface area contributed by atoms with Crippen molar-refractivity contribution in [3.8, 4) is 0 Å². The Kier molecular flexibility index (Phi) is 4.47. The lowest BCUT2D eigenvalue weighted by molar-refractivity contribution is -0.143. The highest BCUT2D eigenvalue weighted by atomic mass is 32.2. The zero-order valence-electron chi connectivity index (χ0n) is 10.2. The summed E-state index contributed by atoms with van der Waals surface area (Å²) in [7, 11) is 0. The number of carbonyl (C=O) groups excluding carboxylic acids is 1. The van der Waals surface area contributed by atoms with Crippen LogP contribution in [-0.4, -0.2) is 17.1 Å². The molecule has 1 heterocycles. The molecule has 0 aliphatic carbocycles. The minimum atomic E-state index is -0.205. The van der Waals surface area contributed by atoms with Gasteiger partial charge < -0.3 is 9.30 Å². The largest absolute Gasteiger partial charge is 0.465 e. The summed E-state index contributed by atoms with van der Waals surface area (Å²) in [6, 6.07) is 14.0. The zero-order chi connectivity index (χ0) is 12.8. The highest BCUT2D eigenvalue weighted by Crippen LogP contribution is 2.27. The predicted molar refractivity (Wildman–Crippen MR) is 71.6 cm³/mol. The van der Waals surface area contributed by atoms with Crippen molar-refractivity contribution >= 4 is 17.7 Å². The molecule has 0 saturated heterocycles. The molecule has 2 aromatic rings. The van der Waals surface area contributed by atoms with Crippen molar-refractivity contribution in [1.29, 1.82) is 0 Å². The van der Waals surface area contributed by atoms with E-state index < -0.39 is 0 Å². The summed E-state index contributed by atoms with van der Waals surface area (Å²) in [5, 5.41) is 1.04. The van der Waals surface area contributed by atoms with Gasteiger partial charge in [-0.05, 0) is 31.2 Å². The fourth-order valence-electron chi connectivity index (χ4n) is 1.58. The number of esters is 1. The standard InChI is InChI=1S/C14H15NO2S/c1-2-17-14(16)11-15-10-6-9-13(15)18-12-7-4-3-5-8-12/h3-10H,2,11H2,1H3. The lowest BCUT2D eigenvalue weighted by Gasteiger charge is -2.08. The molecule has 0 saturated carbocycles. The first-order valence-electron chi connectivity index (χ1n) is 5.83. The molecular weight excluding hydrogens is 246 g/mol. The molecule has 2 rings (SSSR count). The number of ether oxygens (including phenoxy) is 1. The van der Waals surface area contributed by atoms with Crippen molar-refractivity contribution in [3.63, 3.8) is 0 Å². The van der Waals surface area contributed by atoms with E-state index in [-0.39, 0.29) is 12.5 Å². The van der Waals surface area contributed by atoms with E-state index >= 15 is 0 Å². The van der Waals surface area contributed by atoms with Crippen LogP contribution in [0.25, 0.3) is 0 Å². The Bertz CT molecular complexity index is 508. The second-order valence-electron chi connectivity index (χ2n) is 3.69. The Balaban J connectivity index is 2.06. The van der Waals surface area contributed by atoms with E-state index in [4.69, 9.17) is 4.74 Å². The molecule has 0 aliphatic heterocycles. The van der Waals surface area contributed by atoms with E-state index in [1.165, 1.54) is 0 Å². The molecule has 94 valence electrons. The molecule has 0 bridgehead atoms. The fraction of sp³-hybridized carbons (Fsp3) is 0.214. The highest BCUT2D eigenvalue weighted by Gasteiger charge is 2.07. The minimum Gasteiger partial charge on any atom is -0.465 e. The summed E-state index contributed by atoms with van der Waals surface area (Å²) in [4.78, 5) is 12.6. The van der Waals surface area contributed by atoms with Gasteiger partial charge in [-0.1, -0.05) is 30.0 Å². The van der Waals surface area contributed by atoms with E-state index in [0.717, 1.165) is 9.92 Å². The highest BCUT2D eigenvalue weighted by molar-refractivity contribution is 7.99. The molecule has 0 fully saturated rings. The van der Waals surface area contributed by atoms with Gasteiger partial charge in [0.1, 0.15) is 6.54 Å². The average molecular weight is 261 g/mol. The van der Waals surface area contributed by atoms with Crippen LogP contribution in [0, 0.1) is 0 Å². The first-order valence-corrected chi connectivity index (χ1v) is 6.65. The average Bonchev–Trinajstić information content (AvgIpc) is 2.78. The first-order chi connectivity index (χ1) is 8.79. The fourth-order valence-corrected chi connectivity index (χ4v) is 2.50. The molecule has 0 N–H and O–H groups in total. The summed E-state index contributed by atoms with van der Waals surface area (Å²) in [6.07, 6.45) is 1.89. The maximum Gasteiger partial charge on any atom is 0.325 e. The molecule has 0 radical (unpaired) electrons. The first kappa shape index (κ1) is 12.8. The van der Waals surface area contributed by atoms with Crippen LogP contribution < -0.4 is 0 Å². The van der Waals surface area contributed by atoms with Gasteiger partial charge in [-0.15, -0.1) is 0 Å². The second kappa shape index (κ2) is 6.31. The molecule has 0 amide bonds. The van der Waals surface area contributed by atoms with Crippen molar-refractivity contribution in [3.05, 3.63) is 48.7 Å². The molecule has 3 nitrogen and oxygen atoms in total. The molecule has 1 aromatic heterocycles. The summed E-state index contributed by atoms with van der Waals surface area (Å²) < 4.78 is 6.85. The molecule has 18 heavy (non-hydrogen) atoms. The maximum absolute atomic E-state index is 11.5. The van der Waals surface area contributed by atoms with Gasteiger partial charge in [0.15, 0.2) is 0 Å². The van der Waals surface area contributed by atoms with Crippen LogP contribution in [0.4, 0.5) is 0 Å². The number of hydrogen-bond donors (Lipinski definition) is 0. The molecule has 0 atom stereocenters. The SMILES string of the molecule is CCOC(=O)Cn1cccc1Sc1ccccc1. The van der Waals surface area contributed by atoms with Gasteiger partial charge in [-0.3, -0.25) is 4.79 Å². The quantitative estimate of drug-likeness (QED) is 0.774. The van der Waals surface area contributed by atoms with Crippen LogP contribution in [0.15, 0.2) is 58.6 Å². The van der Waals surface area contributed by atoms with Crippen molar-refractivity contribution in [1.82, 2.24) is 4.57 Å². The third-order valence-corrected chi connectivity index (χ3v) is 3.45. The summed E-state index contributed by atoms with van der Waals surface area (Å²) in [6.45, 7) is 2.49. The summed E-state index contributed by atoms with van der Waals surface area (Å²) in [5.41, 5.74) is 0. The number of benzene rings is 1. The topological polar surface area (TPSA) is 31.2 Å². The van der Waals surface area contributed by atoms with Crippen LogP contribution >= 0.6 is 11.8 Å². The second-order valence-corrected chi connectivity index (χ2v) is 4.79. The molecule has 4 heteroatoms. The van der Waals surface area contributed by atoms with Crippen LogP contribution in [0.5, 0.6) is 0 Å². The lowest BCUT2D eigenvalue weighted by atomic mass is 10.4. The van der Waals surface area contributed by atoms with Crippen LogP contribution in [-0.2, 0) is 16.1 Å². The van der Waals surface area contributed by atoms with Crippen molar-refractivity contribution < 1.29 is 9.53 Å². The predicted octanol–water partition coefficient (Wildman–Crippen LogP) is 3.20. The normalized spacial score (nSPS) is 10.3. The zero-order valence-corrected chi connectivity index (χ0v) is 11.0. The summed E-state index contributed by atoms with van der Waals surface area (Å²) >= 11 is 1.64. The van der Waals surface area contributed by atoms with E-state index in [1.54, 1.807) is 11.8 Å². The Morgan fingerprint density at radius 2 is 2.00 bits per heavy atom. The molecule has 1 aromatic carbocycles. The van der Waals surface area contributed by atoms with Gasteiger partial charge in [0.05, 0.1) is 11.6 Å². The van der Waals surface area contributed by atoms with E-state index in [0.29, 0.717) is 6.61 Å². The molecule has 0 aliphatic rings. The van der Waals surface area contributed by atoms with Crippen molar-refractivity contribution in [2.24, 2.45) is 0 Å². The van der Waals surface area contributed by atoms with Crippen molar-refractivity contribution in [2.75, 3.05) is 6.61 Å². The van der Waals surface area contributed by atoms with E-state index in [1.807, 2.05) is 60.2 Å². The molecule has 0 spiro atoms. The number of carbonyl (C=O) groups is 1. The van der Waals surface area contributed by atoms with Crippen molar-refractivity contribution in [2.45, 2.75) is 23.4 Å². The third kappa shape index (κ3) is 3.40. The van der Waals surface area contributed by atoms with E-state index in [9.17, 15) is 4.79 Å². The Hall–Kier alpha value is -1.68. The minimum absolute atomic E-state index is 0.205. The lowest BCUT2D eigenvalue weighted by Crippen LogP contribution is -2.13. The van der Waals surface area contributed by atoms with Crippen LogP contribution in [0.2, 0.25) is 0 Å². The molecule has 0 unspecified atom stereocenters. The van der Waals surface area contributed by atoms with Gasteiger partial charge >= 0.3 is 5.97 Å². The van der Waals surface area contributed by atoms with Crippen LogP contribution in [0.3, 0.4) is 0 Å².